The van der Waals surface area contributed by atoms with Gasteiger partial charge in [0, 0.05) is 22.8 Å². The molecule has 2 amide bonds. The first-order chi connectivity index (χ1) is 14.5. The van der Waals surface area contributed by atoms with Gasteiger partial charge in [-0.3, -0.25) is 4.90 Å². The molecule has 1 unspecified atom stereocenters. The van der Waals surface area contributed by atoms with Gasteiger partial charge in [-0.1, -0.05) is 60.1 Å². The van der Waals surface area contributed by atoms with Gasteiger partial charge in [0.15, 0.2) is 0 Å². The van der Waals surface area contributed by atoms with Crippen LogP contribution in [0.2, 0.25) is 5.02 Å². The van der Waals surface area contributed by atoms with Gasteiger partial charge in [-0.05, 0) is 43.5 Å². The first-order valence-electron chi connectivity index (χ1n) is 9.99. The fraction of sp³-hybridized carbons (Fsp3) is 0.261. The normalized spacial score (nSPS) is 16.7. The highest BCUT2D eigenvalue weighted by Gasteiger charge is 2.35. The summed E-state index contributed by atoms with van der Waals surface area (Å²) in [6.07, 6.45) is 0.971. The molecule has 1 N–H and O–H groups in total. The lowest BCUT2D eigenvalue weighted by molar-refractivity contribution is 0.207. The number of urea groups is 1. The minimum atomic E-state index is -0.409. The van der Waals surface area contributed by atoms with E-state index in [1.807, 2.05) is 38.1 Å². The molecule has 0 spiro atoms. The molecular weight excluding hydrogens is 400 g/mol. The number of rotatable bonds is 5. The summed E-state index contributed by atoms with van der Waals surface area (Å²) < 4.78 is 5.67. The number of hydrogen-bond donors (Lipinski definition) is 1. The van der Waals surface area contributed by atoms with Crippen LogP contribution in [0.1, 0.15) is 43.8 Å². The largest absolute Gasteiger partial charge is 0.334 e. The molecular formula is C23H23ClN4O2. The molecule has 0 aliphatic carbocycles. The zero-order chi connectivity index (χ0) is 21.3. The molecule has 0 bridgehead atoms. The van der Waals surface area contributed by atoms with Crippen LogP contribution in [-0.2, 0) is 6.42 Å². The third kappa shape index (κ3) is 3.71. The summed E-state index contributed by atoms with van der Waals surface area (Å²) in [6, 6.07) is 14.9. The molecule has 0 fully saturated rings. The Morgan fingerprint density at radius 3 is 2.43 bits per heavy atom. The maximum atomic E-state index is 12.6. The fourth-order valence-corrected chi connectivity index (χ4v) is 3.81. The molecule has 7 heteroatoms. The van der Waals surface area contributed by atoms with E-state index >= 15 is 0 Å². The molecule has 1 aliphatic rings. The second-order valence-corrected chi connectivity index (χ2v) is 7.59. The van der Waals surface area contributed by atoms with Crippen LogP contribution in [0.5, 0.6) is 0 Å². The van der Waals surface area contributed by atoms with E-state index in [1.165, 1.54) is 5.56 Å². The van der Waals surface area contributed by atoms with Crippen LogP contribution in [-0.4, -0.2) is 27.6 Å². The van der Waals surface area contributed by atoms with Gasteiger partial charge in [0.25, 0.3) is 5.89 Å². The van der Waals surface area contributed by atoms with Crippen LogP contribution < -0.4 is 5.32 Å². The van der Waals surface area contributed by atoms with E-state index in [2.05, 4.69) is 34.5 Å². The van der Waals surface area contributed by atoms with Crippen molar-refractivity contribution in [2.75, 3.05) is 6.54 Å². The van der Waals surface area contributed by atoms with Crippen molar-refractivity contribution in [2.24, 2.45) is 0 Å². The molecule has 1 aromatic heterocycles. The zero-order valence-electron chi connectivity index (χ0n) is 17.1. The van der Waals surface area contributed by atoms with Crippen molar-refractivity contribution < 1.29 is 9.32 Å². The summed E-state index contributed by atoms with van der Waals surface area (Å²) in [4.78, 5) is 19.0. The lowest BCUT2D eigenvalue weighted by atomic mass is 9.95. The number of hydrogen-bond acceptors (Lipinski definition) is 4. The van der Waals surface area contributed by atoms with Gasteiger partial charge in [-0.2, -0.15) is 4.98 Å². The number of halogens is 1. The van der Waals surface area contributed by atoms with Gasteiger partial charge >= 0.3 is 6.03 Å². The highest BCUT2D eigenvalue weighted by molar-refractivity contribution is 6.30. The number of nitrogens with zero attached hydrogens (tertiary/aromatic N) is 3. The van der Waals surface area contributed by atoms with Crippen molar-refractivity contribution in [3.63, 3.8) is 0 Å². The predicted octanol–water partition coefficient (Wildman–Crippen LogP) is 5.47. The van der Waals surface area contributed by atoms with E-state index in [0.717, 1.165) is 28.8 Å². The number of nitrogens with one attached hydrogen (secondary N) is 1. The van der Waals surface area contributed by atoms with Gasteiger partial charge in [0.1, 0.15) is 0 Å². The van der Waals surface area contributed by atoms with Crippen LogP contribution in [0.3, 0.4) is 0 Å². The van der Waals surface area contributed by atoms with E-state index in [-0.39, 0.29) is 6.03 Å². The SMILES string of the molecule is CCc1ccc(-c2noc(C3=C(C)N(CC)C(=O)NC3c3ccc(Cl)cc3)n2)cc1. The Balaban J connectivity index is 1.78. The van der Waals surface area contributed by atoms with Gasteiger partial charge < -0.3 is 9.84 Å². The lowest BCUT2D eigenvalue weighted by Crippen LogP contribution is -2.45. The lowest BCUT2D eigenvalue weighted by Gasteiger charge is -2.34. The number of benzene rings is 2. The summed E-state index contributed by atoms with van der Waals surface area (Å²) in [5.74, 6) is 0.906. The molecule has 1 aliphatic heterocycles. The molecule has 154 valence electrons. The summed E-state index contributed by atoms with van der Waals surface area (Å²) in [5.41, 5.74) is 4.60. The number of carbonyl (C=O) groups excluding carboxylic acids is 1. The van der Waals surface area contributed by atoms with Crippen molar-refractivity contribution in [1.82, 2.24) is 20.4 Å². The van der Waals surface area contributed by atoms with Crippen molar-refractivity contribution in [3.8, 4) is 11.4 Å². The molecule has 0 saturated heterocycles. The standard InChI is InChI=1S/C23H23ClN4O2/c1-4-15-6-8-17(9-7-15)21-26-22(30-27-21)19-14(3)28(5-2)23(29)25-20(19)16-10-12-18(24)13-11-16/h6-13,20H,4-5H2,1-3H3,(H,25,29). The minimum Gasteiger partial charge on any atom is -0.334 e. The van der Waals surface area contributed by atoms with E-state index < -0.39 is 6.04 Å². The zero-order valence-corrected chi connectivity index (χ0v) is 17.9. The predicted molar refractivity (Wildman–Crippen MR) is 117 cm³/mol. The Hall–Kier alpha value is -3.12. The Morgan fingerprint density at radius 1 is 1.10 bits per heavy atom. The summed E-state index contributed by atoms with van der Waals surface area (Å²) in [6.45, 7) is 6.48. The van der Waals surface area contributed by atoms with Gasteiger partial charge in [0.2, 0.25) is 5.82 Å². The van der Waals surface area contributed by atoms with Crippen LogP contribution >= 0.6 is 11.6 Å². The quantitative estimate of drug-likeness (QED) is 0.591. The van der Waals surface area contributed by atoms with E-state index in [0.29, 0.717) is 23.3 Å². The number of aromatic nitrogens is 2. The molecule has 4 rings (SSSR count). The highest BCUT2D eigenvalue weighted by atomic mass is 35.5. The first kappa shape index (κ1) is 20.2. The topological polar surface area (TPSA) is 71.3 Å². The Kier molecular flexibility index (Phi) is 5.59. The summed E-state index contributed by atoms with van der Waals surface area (Å²) in [5, 5.41) is 7.88. The van der Waals surface area contributed by atoms with E-state index in [9.17, 15) is 4.79 Å². The summed E-state index contributed by atoms with van der Waals surface area (Å²) in [7, 11) is 0. The third-order valence-corrected chi connectivity index (χ3v) is 5.64. The average molecular weight is 423 g/mol. The molecule has 0 saturated carbocycles. The molecule has 3 aromatic rings. The molecule has 1 atom stereocenters. The third-order valence-electron chi connectivity index (χ3n) is 5.39. The van der Waals surface area contributed by atoms with Crippen LogP contribution in [0.15, 0.2) is 58.8 Å². The monoisotopic (exact) mass is 422 g/mol. The average Bonchev–Trinajstić information content (AvgIpc) is 3.24. The number of carbonyl (C=O) groups is 1. The highest BCUT2D eigenvalue weighted by Crippen LogP contribution is 2.37. The molecule has 6 nitrogen and oxygen atoms in total. The Morgan fingerprint density at radius 2 is 1.80 bits per heavy atom. The number of allylic oxidation sites excluding steroid dienone is 1. The smallest absolute Gasteiger partial charge is 0.322 e. The second kappa shape index (κ2) is 8.32. The van der Waals surface area contributed by atoms with Gasteiger partial charge in [-0.25, -0.2) is 4.79 Å². The van der Waals surface area contributed by atoms with Crippen LogP contribution in [0.25, 0.3) is 17.0 Å². The fourth-order valence-electron chi connectivity index (χ4n) is 3.68. The molecule has 2 heterocycles. The molecule has 2 aromatic carbocycles. The van der Waals surface area contributed by atoms with Gasteiger partial charge in [0.05, 0.1) is 11.6 Å². The van der Waals surface area contributed by atoms with Crippen molar-refractivity contribution in [2.45, 2.75) is 33.2 Å². The van der Waals surface area contributed by atoms with E-state index in [1.54, 1.807) is 17.0 Å². The second-order valence-electron chi connectivity index (χ2n) is 7.15. The minimum absolute atomic E-state index is 0.159. The maximum absolute atomic E-state index is 12.6. The summed E-state index contributed by atoms with van der Waals surface area (Å²) >= 11 is 6.05. The van der Waals surface area contributed by atoms with E-state index in [4.69, 9.17) is 16.1 Å². The molecule has 0 radical (unpaired) electrons. The maximum Gasteiger partial charge on any atom is 0.322 e. The van der Waals surface area contributed by atoms with Crippen molar-refractivity contribution in [3.05, 3.63) is 76.3 Å². The van der Waals surface area contributed by atoms with Crippen LogP contribution in [0, 0.1) is 0 Å². The number of amides is 2. The van der Waals surface area contributed by atoms with Crippen molar-refractivity contribution in [1.29, 1.82) is 0 Å². The Labute approximate surface area is 180 Å². The van der Waals surface area contributed by atoms with Crippen LogP contribution in [0.4, 0.5) is 4.79 Å². The molecule has 30 heavy (non-hydrogen) atoms. The Bertz CT molecular complexity index is 1090. The number of aryl methyl sites for hydroxylation is 1. The first-order valence-corrected chi connectivity index (χ1v) is 10.4. The van der Waals surface area contributed by atoms with Crippen molar-refractivity contribution >= 4 is 23.2 Å². The van der Waals surface area contributed by atoms with Gasteiger partial charge in [-0.15, -0.1) is 0 Å².